The van der Waals surface area contributed by atoms with Crippen molar-refractivity contribution in [3.05, 3.63) is 42.7 Å². The predicted octanol–water partition coefficient (Wildman–Crippen LogP) is -0.383. The van der Waals surface area contributed by atoms with Gasteiger partial charge in [0.1, 0.15) is 17.7 Å². The molecule has 2 aromatic heterocycles. The van der Waals surface area contributed by atoms with Gasteiger partial charge in [0.25, 0.3) is 0 Å². The van der Waals surface area contributed by atoms with Gasteiger partial charge >= 0.3 is 0 Å². The molecule has 1 aliphatic heterocycles. The largest absolute Gasteiger partial charge is 0.394 e. The van der Waals surface area contributed by atoms with Crippen LogP contribution in [0.5, 0.6) is 0 Å². The standard InChI is InChI=1S/C14H17N3O4/c1-2-14(20)11(19)10(7-18)21-13(14)17-6-4-9-8(12(17)15)3-5-16-9/h2-6,10-11,13,15-16,18-20H,1,7H2/t10-,11-,13?,14-/m1/s1. The Labute approximate surface area is 120 Å². The predicted molar refractivity (Wildman–Crippen MR) is 74.3 cm³/mol. The Morgan fingerprint density at radius 1 is 1.52 bits per heavy atom. The van der Waals surface area contributed by atoms with Crippen LogP contribution in [0.2, 0.25) is 0 Å². The van der Waals surface area contributed by atoms with E-state index >= 15 is 0 Å². The molecule has 1 fully saturated rings. The number of aromatic amines is 1. The molecular formula is C14H17N3O4. The normalized spacial score (nSPS) is 32.6. The zero-order valence-corrected chi connectivity index (χ0v) is 11.2. The summed E-state index contributed by atoms with van der Waals surface area (Å²) in [5.74, 6) is 0. The summed E-state index contributed by atoms with van der Waals surface area (Å²) in [5.41, 5.74) is -0.863. The van der Waals surface area contributed by atoms with Crippen LogP contribution >= 0.6 is 0 Å². The first-order chi connectivity index (χ1) is 10.0. The van der Waals surface area contributed by atoms with E-state index in [0.29, 0.717) is 5.39 Å². The van der Waals surface area contributed by atoms with Crippen LogP contribution in [0.25, 0.3) is 10.9 Å². The zero-order chi connectivity index (χ0) is 15.2. The fraction of sp³-hybridized carbons (Fsp3) is 0.357. The van der Waals surface area contributed by atoms with E-state index in [0.717, 1.165) is 5.52 Å². The van der Waals surface area contributed by atoms with Gasteiger partial charge in [-0.25, -0.2) is 0 Å². The molecule has 3 rings (SSSR count). The second kappa shape index (κ2) is 4.81. The molecule has 1 saturated heterocycles. The highest BCUT2D eigenvalue weighted by Gasteiger charge is 2.54. The first-order valence-corrected chi connectivity index (χ1v) is 6.56. The lowest BCUT2D eigenvalue weighted by atomic mass is 9.94. The van der Waals surface area contributed by atoms with Gasteiger partial charge in [0.15, 0.2) is 11.8 Å². The van der Waals surface area contributed by atoms with Crippen molar-refractivity contribution in [2.24, 2.45) is 0 Å². The molecule has 0 amide bonds. The van der Waals surface area contributed by atoms with Crippen molar-refractivity contribution >= 4 is 10.9 Å². The molecule has 7 nitrogen and oxygen atoms in total. The van der Waals surface area contributed by atoms with Crippen LogP contribution < -0.4 is 5.49 Å². The van der Waals surface area contributed by atoms with Crippen molar-refractivity contribution in [3.8, 4) is 0 Å². The molecule has 21 heavy (non-hydrogen) atoms. The second-order valence-corrected chi connectivity index (χ2v) is 5.12. The third-order valence-corrected chi connectivity index (χ3v) is 3.98. The molecule has 5 N–H and O–H groups in total. The SMILES string of the molecule is C=C[C@]1(O)C(n2ccc3[nH]ccc3c2=N)O[C@H](CO)[C@H]1O. The van der Waals surface area contributed by atoms with Crippen molar-refractivity contribution in [2.75, 3.05) is 6.61 Å². The number of nitrogens with one attached hydrogen (secondary N) is 2. The van der Waals surface area contributed by atoms with E-state index in [1.54, 1.807) is 24.5 Å². The second-order valence-electron chi connectivity index (χ2n) is 5.12. The topological polar surface area (TPSA) is 114 Å². The van der Waals surface area contributed by atoms with E-state index < -0.39 is 30.6 Å². The molecule has 4 atom stereocenters. The average molecular weight is 291 g/mol. The molecule has 7 heteroatoms. The highest BCUT2D eigenvalue weighted by Crippen LogP contribution is 2.38. The lowest BCUT2D eigenvalue weighted by Gasteiger charge is -2.29. The number of rotatable bonds is 3. The van der Waals surface area contributed by atoms with E-state index in [-0.39, 0.29) is 5.49 Å². The van der Waals surface area contributed by atoms with Crippen LogP contribution in [-0.2, 0) is 4.74 Å². The van der Waals surface area contributed by atoms with E-state index in [1.165, 1.54) is 10.6 Å². The molecular weight excluding hydrogens is 274 g/mol. The number of hydrogen-bond donors (Lipinski definition) is 5. The molecule has 0 radical (unpaired) electrons. The number of pyridine rings is 1. The maximum atomic E-state index is 10.6. The number of fused-ring (bicyclic) bond motifs is 1. The smallest absolute Gasteiger partial charge is 0.170 e. The molecule has 3 heterocycles. The molecule has 0 aliphatic carbocycles. The van der Waals surface area contributed by atoms with Crippen LogP contribution in [0.3, 0.4) is 0 Å². The van der Waals surface area contributed by atoms with Crippen molar-refractivity contribution < 1.29 is 20.1 Å². The quantitative estimate of drug-likeness (QED) is 0.496. The highest BCUT2D eigenvalue weighted by atomic mass is 16.6. The Morgan fingerprint density at radius 2 is 2.29 bits per heavy atom. The molecule has 0 bridgehead atoms. The lowest BCUT2D eigenvalue weighted by molar-refractivity contribution is -0.0809. The van der Waals surface area contributed by atoms with Gasteiger partial charge in [0.05, 0.1) is 12.1 Å². The first-order valence-electron chi connectivity index (χ1n) is 6.56. The Hall–Kier alpha value is -1.93. The third kappa shape index (κ3) is 1.86. The van der Waals surface area contributed by atoms with Crippen LogP contribution in [-0.4, -0.2) is 49.3 Å². The average Bonchev–Trinajstić information content (AvgIpc) is 3.06. The Balaban J connectivity index is 2.15. The van der Waals surface area contributed by atoms with Crippen molar-refractivity contribution in [1.29, 1.82) is 5.41 Å². The fourth-order valence-corrected chi connectivity index (χ4v) is 2.74. The maximum absolute atomic E-state index is 10.6. The maximum Gasteiger partial charge on any atom is 0.170 e. The number of aliphatic hydroxyl groups excluding tert-OH is 2. The number of nitrogens with zero attached hydrogens (tertiary/aromatic N) is 1. The molecule has 0 saturated carbocycles. The first kappa shape index (κ1) is 14.0. The third-order valence-electron chi connectivity index (χ3n) is 3.98. The van der Waals surface area contributed by atoms with Gasteiger partial charge in [0, 0.05) is 17.8 Å². The summed E-state index contributed by atoms with van der Waals surface area (Å²) >= 11 is 0. The number of hydrogen-bond acceptors (Lipinski definition) is 5. The molecule has 0 spiro atoms. The van der Waals surface area contributed by atoms with Crippen molar-refractivity contribution in [3.63, 3.8) is 0 Å². The Morgan fingerprint density at radius 3 is 2.95 bits per heavy atom. The minimum atomic E-state index is -1.78. The van der Waals surface area contributed by atoms with Crippen LogP contribution in [0.1, 0.15) is 6.23 Å². The molecule has 2 aromatic rings. The van der Waals surface area contributed by atoms with E-state index in [2.05, 4.69) is 11.6 Å². The molecule has 1 aliphatic rings. The molecule has 112 valence electrons. The summed E-state index contributed by atoms with van der Waals surface area (Å²) in [6.07, 6.45) is 1.20. The summed E-state index contributed by atoms with van der Waals surface area (Å²) in [6.45, 7) is 3.10. The van der Waals surface area contributed by atoms with Gasteiger partial charge in [0.2, 0.25) is 0 Å². The molecule has 1 unspecified atom stereocenters. The van der Waals surface area contributed by atoms with Gasteiger partial charge in [-0.1, -0.05) is 12.7 Å². The van der Waals surface area contributed by atoms with Crippen molar-refractivity contribution in [1.82, 2.24) is 9.55 Å². The van der Waals surface area contributed by atoms with E-state index in [9.17, 15) is 15.3 Å². The lowest BCUT2D eigenvalue weighted by Crippen LogP contribution is -2.46. The number of aromatic nitrogens is 2. The number of ether oxygens (including phenoxy) is 1. The summed E-state index contributed by atoms with van der Waals surface area (Å²) in [6, 6.07) is 3.49. The minimum absolute atomic E-state index is 0.129. The zero-order valence-electron chi connectivity index (χ0n) is 11.2. The number of aliphatic hydroxyl groups is 3. The summed E-state index contributed by atoms with van der Waals surface area (Å²) in [7, 11) is 0. The van der Waals surface area contributed by atoms with Gasteiger partial charge in [-0.3, -0.25) is 5.41 Å². The summed E-state index contributed by atoms with van der Waals surface area (Å²) in [4.78, 5) is 3.00. The molecule has 0 aromatic carbocycles. The van der Waals surface area contributed by atoms with Crippen LogP contribution in [0.4, 0.5) is 0 Å². The van der Waals surface area contributed by atoms with E-state index in [1.807, 2.05) is 0 Å². The monoisotopic (exact) mass is 291 g/mol. The number of H-pyrrole nitrogens is 1. The summed E-state index contributed by atoms with van der Waals surface area (Å²) < 4.78 is 6.95. The van der Waals surface area contributed by atoms with E-state index in [4.69, 9.17) is 10.1 Å². The fourth-order valence-electron chi connectivity index (χ4n) is 2.74. The van der Waals surface area contributed by atoms with Gasteiger partial charge in [-0.2, -0.15) is 0 Å². The van der Waals surface area contributed by atoms with Crippen LogP contribution in [0, 0.1) is 5.41 Å². The highest BCUT2D eigenvalue weighted by molar-refractivity contribution is 5.77. The minimum Gasteiger partial charge on any atom is -0.394 e. The Kier molecular flexibility index (Phi) is 3.22. The van der Waals surface area contributed by atoms with Crippen molar-refractivity contribution in [2.45, 2.75) is 24.0 Å². The van der Waals surface area contributed by atoms with Gasteiger partial charge in [-0.05, 0) is 12.1 Å². The van der Waals surface area contributed by atoms with Gasteiger partial charge in [-0.15, -0.1) is 0 Å². The summed E-state index contributed by atoms with van der Waals surface area (Å²) in [5, 5.41) is 38.9. The van der Waals surface area contributed by atoms with Crippen LogP contribution in [0.15, 0.2) is 37.2 Å². The van der Waals surface area contributed by atoms with Gasteiger partial charge < -0.3 is 29.6 Å². The Bertz CT molecular complexity index is 737.